The molecule has 1 aromatic carbocycles. The summed E-state index contributed by atoms with van der Waals surface area (Å²) in [4.78, 5) is 12.9. The van der Waals surface area contributed by atoms with Crippen LogP contribution in [0.2, 0.25) is 0 Å². The van der Waals surface area contributed by atoms with Crippen molar-refractivity contribution in [1.82, 2.24) is 24.6 Å². The first-order valence-electron chi connectivity index (χ1n) is 8.77. The van der Waals surface area contributed by atoms with Gasteiger partial charge >= 0.3 is 0 Å². The lowest BCUT2D eigenvalue weighted by atomic mass is 10.1. The number of nitrogens with one attached hydrogen (secondary N) is 1. The van der Waals surface area contributed by atoms with Gasteiger partial charge in [0, 0.05) is 24.2 Å². The van der Waals surface area contributed by atoms with Gasteiger partial charge in [0.2, 0.25) is 11.8 Å². The predicted octanol–water partition coefficient (Wildman–Crippen LogP) is 2.41. The smallest absolute Gasteiger partial charge is 0.241 e. The van der Waals surface area contributed by atoms with Crippen LogP contribution in [0.1, 0.15) is 0 Å². The Morgan fingerprint density at radius 1 is 1.22 bits per heavy atom. The number of ether oxygens (including phenoxy) is 2. The van der Waals surface area contributed by atoms with E-state index in [0.717, 1.165) is 47.3 Å². The molecule has 0 amide bonds. The second-order valence-corrected chi connectivity index (χ2v) is 6.54. The molecule has 1 fully saturated rings. The molecule has 27 heavy (non-hydrogen) atoms. The molecular weight excluding hydrogens is 344 g/mol. The number of fused-ring (bicyclic) bond motifs is 2. The van der Waals surface area contributed by atoms with E-state index >= 15 is 0 Å². The number of rotatable bonds is 5. The molecule has 1 N–H and O–H groups in total. The Morgan fingerprint density at radius 3 is 2.96 bits per heavy atom. The van der Waals surface area contributed by atoms with Crippen LogP contribution in [0.4, 0.5) is 5.95 Å². The van der Waals surface area contributed by atoms with Crippen molar-refractivity contribution < 1.29 is 9.47 Å². The minimum atomic E-state index is 0.541. The molecule has 0 bridgehead atoms. The molecule has 1 saturated heterocycles. The van der Waals surface area contributed by atoms with Gasteiger partial charge in [-0.25, -0.2) is 19.5 Å². The minimum absolute atomic E-state index is 0.541. The average molecular weight is 362 g/mol. The first-order chi connectivity index (χ1) is 13.3. The highest BCUT2D eigenvalue weighted by molar-refractivity contribution is 5.91. The summed E-state index contributed by atoms with van der Waals surface area (Å²) in [6.45, 7) is 2.43. The topological polar surface area (TPSA) is 86.5 Å². The van der Waals surface area contributed by atoms with Crippen molar-refractivity contribution in [2.24, 2.45) is 5.92 Å². The number of aromatic nitrogens is 5. The largest absolute Gasteiger partial charge is 0.480 e. The lowest BCUT2D eigenvalue weighted by molar-refractivity contribution is -0.0249. The van der Waals surface area contributed by atoms with Gasteiger partial charge in [-0.05, 0) is 23.8 Å². The Balaban J connectivity index is 1.50. The molecule has 3 aromatic heterocycles. The molecule has 1 aliphatic heterocycles. The third kappa shape index (κ3) is 2.83. The molecule has 8 heteroatoms. The van der Waals surface area contributed by atoms with Crippen LogP contribution in [0.3, 0.4) is 0 Å². The number of methoxy groups -OCH3 is 1. The van der Waals surface area contributed by atoms with Gasteiger partial charge < -0.3 is 14.8 Å². The van der Waals surface area contributed by atoms with Gasteiger partial charge in [0.15, 0.2) is 0 Å². The fourth-order valence-electron chi connectivity index (χ4n) is 3.23. The molecule has 0 atom stereocenters. The van der Waals surface area contributed by atoms with Crippen molar-refractivity contribution in [2.75, 3.05) is 32.2 Å². The van der Waals surface area contributed by atoms with E-state index in [-0.39, 0.29) is 0 Å². The first-order valence-corrected chi connectivity index (χ1v) is 8.77. The third-order valence-corrected chi connectivity index (χ3v) is 4.78. The van der Waals surface area contributed by atoms with E-state index in [1.807, 2.05) is 41.2 Å². The highest BCUT2D eigenvalue weighted by atomic mass is 16.5. The Kier molecular flexibility index (Phi) is 3.83. The highest BCUT2D eigenvalue weighted by Crippen LogP contribution is 2.30. The Hall–Kier alpha value is -3.26. The van der Waals surface area contributed by atoms with Crippen LogP contribution in [0, 0.1) is 5.92 Å². The monoisotopic (exact) mass is 362 g/mol. The number of anilines is 1. The van der Waals surface area contributed by atoms with Crippen molar-refractivity contribution in [1.29, 1.82) is 0 Å². The van der Waals surface area contributed by atoms with Crippen LogP contribution in [-0.2, 0) is 4.74 Å². The second kappa shape index (κ2) is 6.48. The number of hydrogen-bond acceptors (Lipinski definition) is 7. The third-order valence-electron chi connectivity index (χ3n) is 4.78. The van der Waals surface area contributed by atoms with E-state index in [9.17, 15) is 0 Å². The zero-order valence-electron chi connectivity index (χ0n) is 14.8. The maximum atomic E-state index is 5.37. The fraction of sp³-hybridized carbons (Fsp3) is 0.263. The molecular formula is C19H18N6O2. The summed E-state index contributed by atoms with van der Waals surface area (Å²) >= 11 is 0. The van der Waals surface area contributed by atoms with E-state index in [4.69, 9.17) is 9.47 Å². The van der Waals surface area contributed by atoms with E-state index in [1.54, 1.807) is 7.11 Å². The summed E-state index contributed by atoms with van der Waals surface area (Å²) in [5.41, 5.74) is 3.86. The molecule has 4 heterocycles. The number of benzene rings is 1. The Labute approximate surface area is 155 Å². The zero-order valence-corrected chi connectivity index (χ0v) is 14.8. The SMILES string of the molecule is COc1ncnc2ccc(-c3ccn4nc(NCC5COC5)ncc34)cc12. The molecule has 4 aromatic rings. The maximum absolute atomic E-state index is 5.37. The molecule has 0 aliphatic carbocycles. The summed E-state index contributed by atoms with van der Waals surface area (Å²) < 4.78 is 12.4. The molecule has 0 radical (unpaired) electrons. The summed E-state index contributed by atoms with van der Waals surface area (Å²) in [5, 5.41) is 8.70. The molecule has 136 valence electrons. The number of nitrogens with zero attached hydrogens (tertiary/aromatic N) is 5. The standard InChI is InChI=1S/C19H18N6O2/c1-26-18-15-6-13(2-3-16(15)22-11-23-18)14-4-5-25-17(14)8-21-19(24-25)20-7-12-9-27-10-12/h2-6,8,11-12H,7,9-10H2,1H3,(H,20,24). The van der Waals surface area contributed by atoms with Crippen molar-refractivity contribution >= 4 is 22.4 Å². The fourth-order valence-corrected chi connectivity index (χ4v) is 3.23. The molecule has 1 aliphatic rings. The van der Waals surface area contributed by atoms with Crippen LogP contribution >= 0.6 is 0 Å². The van der Waals surface area contributed by atoms with Crippen LogP contribution in [0.5, 0.6) is 5.88 Å². The molecule has 0 unspecified atom stereocenters. The second-order valence-electron chi connectivity index (χ2n) is 6.54. The van der Waals surface area contributed by atoms with Gasteiger partial charge in [0.05, 0.1) is 42.9 Å². The van der Waals surface area contributed by atoms with E-state index in [2.05, 4.69) is 25.4 Å². The van der Waals surface area contributed by atoms with Crippen LogP contribution in [0.15, 0.2) is 43.0 Å². The van der Waals surface area contributed by atoms with E-state index < -0.39 is 0 Å². The summed E-state index contributed by atoms with van der Waals surface area (Å²) in [7, 11) is 1.61. The predicted molar refractivity (Wildman–Crippen MR) is 101 cm³/mol. The summed E-state index contributed by atoms with van der Waals surface area (Å²) in [5.74, 6) is 1.72. The molecule has 0 spiro atoms. The zero-order chi connectivity index (χ0) is 18.2. The first kappa shape index (κ1) is 16.0. The van der Waals surface area contributed by atoms with Crippen LogP contribution < -0.4 is 10.1 Å². The maximum Gasteiger partial charge on any atom is 0.241 e. The van der Waals surface area contributed by atoms with E-state index in [1.165, 1.54) is 6.33 Å². The van der Waals surface area contributed by atoms with Crippen LogP contribution in [0.25, 0.3) is 27.5 Å². The summed E-state index contributed by atoms with van der Waals surface area (Å²) in [6, 6.07) is 8.07. The van der Waals surface area contributed by atoms with Gasteiger partial charge in [0.1, 0.15) is 6.33 Å². The molecule has 0 saturated carbocycles. The quantitative estimate of drug-likeness (QED) is 0.583. The average Bonchev–Trinajstić information content (AvgIpc) is 3.09. The van der Waals surface area contributed by atoms with Crippen molar-refractivity contribution in [2.45, 2.75) is 0 Å². The lowest BCUT2D eigenvalue weighted by Crippen LogP contribution is -2.33. The summed E-state index contributed by atoms with van der Waals surface area (Å²) in [6.07, 6.45) is 5.28. The highest BCUT2D eigenvalue weighted by Gasteiger charge is 2.18. The Bertz CT molecular complexity index is 1120. The minimum Gasteiger partial charge on any atom is -0.480 e. The van der Waals surface area contributed by atoms with E-state index in [0.29, 0.717) is 17.7 Å². The van der Waals surface area contributed by atoms with Gasteiger partial charge in [-0.3, -0.25) is 0 Å². The van der Waals surface area contributed by atoms with Crippen molar-refractivity contribution in [3.05, 3.63) is 43.0 Å². The van der Waals surface area contributed by atoms with Crippen LogP contribution in [-0.4, -0.2) is 51.4 Å². The number of hydrogen-bond donors (Lipinski definition) is 1. The Morgan fingerprint density at radius 2 is 2.15 bits per heavy atom. The van der Waals surface area contributed by atoms with Gasteiger partial charge in [-0.15, -0.1) is 5.10 Å². The normalized spacial score (nSPS) is 14.4. The van der Waals surface area contributed by atoms with Gasteiger partial charge in [-0.2, -0.15) is 0 Å². The molecule has 5 rings (SSSR count). The van der Waals surface area contributed by atoms with Crippen molar-refractivity contribution in [3.63, 3.8) is 0 Å². The molecule has 8 nitrogen and oxygen atoms in total. The van der Waals surface area contributed by atoms with Gasteiger partial charge in [-0.1, -0.05) is 6.07 Å². The van der Waals surface area contributed by atoms with Crippen molar-refractivity contribution in [3.8, 4) is 17.0 Å². The lowest BCUT2D eigenvalue weighted by Gasteiger charge is -2.25. The van der Waals surface area contributed by atoms with Gasteiger partial charge in [0.25, 0.3) is 0 Å².